The topological polar surface area (TPSA) is 20.3 Å². The largest absolute Gasteiger partial charge is 0.302 e. The lowest BCUT2D eigenvalue weighted by molar-refractivity contribution is 0.0967. The first-order valence-electron chi connectivity index (χ1n) is 7.08. The molecule has 2 aromatic carbocycles. The fourth-order valence-electron chi connectivity index (χ4n) is 2.31. The van der Waals surface area contributed by atoms with Crippen molar-refractivity contribution in [2.75, 3.05) is 13.6 Å². The molecule has 0 aromatic heterocycles. The first-order valence-corrected chi connectivity index (χ1v) is 7.08. The molecule has 0 aliphatic carbocycles. The quantitative estimate of drug-likeness (QED) is 0.752. The highest BCUT2D eigenvalue weighted by molar-refractivity contribution is 5.97. The number of aryl methyl sites for hydroxylation is 1. The summed E-state index contributed by atoms with van der Waals surface area (Å²) in [4.78, 5) is 14.2. The SMILES string of the molecule is Cc1ccccc1C(=O)CCN(C)Cc1ccccc1F. The van der Waals surface area contributed by atoms with Crippen LogP contribution in [0.25, 0.3) is 0 Å². The van der Waals surface area contributed by atoms with Gasteiger partial charge < -0.3 is 4.90 Å². The lowest BCUT2D eigenvalue weighted by Gasteiger charge is -2.17. The zero-order chi connectivity index (χ0) is 15.2. The second kappa shape index (κ2) is 7.14. The highest BCUT2D eigenvalue weighted by Gasteiger charge is 2.10. The molecule has 0 aliphatic rings. The van der Waals surface area contributed by atoms with Crippen LogP contribution in [-0.4, -0.2) is 24.3 Å². The van der Waals surface area contributed by atoms with Gasteiger partial charge in [0.15, 0.2) is 5.78 Å². The van der Waals surface area contributed by atoms with Crippen LogP contribution in [0.4, 0.5) is 4.39 Å². The van der Waals surface area contributed by atoms with E-state index in [1.165, 1.54) is 6.07 Å². The lowest BCUT2D eigenvalue weighted by atomic mass is 10.0. The summed E-state index contributed by atoms with van der Waals surface area (Å²) in [5.41, 5.74) is 2.43. The maximum atomic E-state index is 13.6. The molecule has 0 N–H and O–H groups in total. The highest BCUT2D eigenvalue weighted by atomic mass is 19.1. The van der Waals surface area contributed by atoms with E-state index in [0.717, 1.165) is 11.1 Å². The van der Waals surface area contributed by atoms with Crippen molar-refractivity contribution in [1.29, 1.82) is 0 Å². The minimum absolute atomic E-state index is 0.133. The number of halogens is 1. The van der Waals surface area contributed by atoms with Gasteiger partial charge in [-0.25, -0.2) is 4.39 Å². The zero-order valence-electron chi connectivity index (χ0n) is 12.5. The number of benzene rings is 2. The van der Waals surface area contributed by atoms with E-state index < -0.39 is 0 Å². The Morgan fingerprint density at radius 2 is 1.76 bits per heavy atom. The maximum Gasteiger partial charge on any atom is 0.164 e. The summed E-state index contributed by atoms with van der Waals surface area (Å²) < 4.78 is 13.6. The molecule has 0 aliphatic heterocycles. The van der Waals surface area contributed by atoms with Gasteiger partial charge in [-0.3, -0.25) is 4.79 Å². The van der Waals surface area contributed by atoms with E-state index in [0.29, 0.717) is 25.1 Å². The molecule has 0 saturated carbocycles. The maximum absolute atomic E-state index is 13.6. The van der Waals surface area contributed by atoms with Crippen molar-refractivity contribution in [2.45, 2.75) is 19.9 Å². The van der Waals surface area contributed by atoms with Crippen molar-refractivity contribution in [3.63, 3.8) is 0 Å². The van der Waals surface area contributed by atoms with Gasteiger partial charge in [-0.1, -0.05) is 42.5 Å². The lowest BCUT2D eigenvalue weighted by Crippen LogP contribution is -2.22. The summed E-state index contributed by atoms with van der Waals surface area (Å²) in [6.45, 7) is 3.06. The van der Waals surface area contributed by atoms with Gasteiger partial charge in [-0.05, 0) is 25.6 Å². The van der Waals surface area contributed by atoms with E-state index in [9.17, 15) is 9.18 Å². The fourth-order valence-corrected chi connectivity index (χ4v) is 2.31. The molecule has 2 aromatic rings. The van der Waals surface area contributed by atoms with Crippen molar-refractivity contribution in [3.05, 3.63) is 71.0 Å². The van der Waals surface area contributed by atoms with Crippen LogP contribution in [0.5, 0.6) is 0 Å². The number of nitrogens with zero attached hydrogens (tertiary/aromatic N) is 1. The van der Waals surface area contributed by atoms with Crippen LogP contribution in [0.3, 0.4) is 0 Å². The minimum Gasteiger partial charge on any atom is -0.302 e. The first-order chi connectivity index (χ1) is 10.1. The highest BCUT2D eigenvalue weighted by Crippen LogP contribution is 2.12. The number of carbonyl (C=O) groups excluding carboxylic acids is 1. The van der Waals surface area contributed by atoms with Crippen LogP contribution in [0.1, 0.15) is 27.9 Å². The molecule has 2 rings (SSSR count). The molecule has 0 saturated heterocycles. The van der Waals surface area contributed by atoms with Crippen LogP contribution in [0, 0.1) is 12.7 Å². The van der Waals surface area contributed by atoms with Gasteiger partial charge in [0.05, 0.1) is 0 Å². The predicted molar refractivity (Wildman–Crippen MR) is 82.9 cm³/mol. The minimum atomic E-state index is -0.199. The monoisotopic (exact) mass is 285 g/mol. The molecule has 2 nitrogen and oxygen atoms in total. The Bertz CT molecular complexity index is 624. The van der Waals surface area contributed by atoms with E-state index in [1.54, 1.807) is 12.1 Å². The van der Waals surface area contributed by atoms with Gasteiger partial charge in [0.1, 0.15) is 5.82 Å². The third-order valence-corrected chi connectivity index (χ3v) is 3.56. The number of Topliss-reactive ketones (excluding diaryl/α,β-unsaturated/α-hetero) is 1. The van der Waals surface area contributed by atoms with Crippen molar-refractivity contribution >= 4 is 5.78 Å². The average molecular weight is 285 g/mol. The Labute approximate surface area is 125 Å². The Morgan fingerprint density at radius 3 is 2.48 bits per heavy atom. The number of hydrogen-bond acceptors (Lipinski definition) is 2. The summed E-state index contributed by atoms with van der Waals surface area (Å²) in [7, 11) is 1.90. The molecule has 0 atom stereocenters. The molecule has 0 spiro atoms. The molecule has 0 bridgehead atoms. The van der Waals surface area contributed by atoms with Gasteiger partial charge in [-0.2, -0.15) is 0 Å². The molecule has 0 fully saturated rings. The standard InChI is InChI=1S/C18H20FNO/c1-14-7-3-5-9-16(14)18(21)11-12-20(2)13-15-8-4-6-10-17(15)19/h3-10H,11-13H2,1-2H3. The van der Waals surface area contributed by atoms with Crippen LogP contribution in [0.2, 0.25) is 0 Å². The summed E-state index contributed by atoms with van der Waals surface area (Å²) in [5.74, 6) is -0.0666. The van der Waals surface area contributed by atoms with Gasteiger partial charge in [0.2, 0.25) is 0 Å². The van der Waals surface area contributed by atoms with Gasteiger partial charge in [0, 0.05) is 30.6 Å². The normalized spacial score (nSPS) is 10.9. The fraction of sp³-hybridized carbons (Fsp3) is 0.278. The first kappa shape index (κ1) is 15.4. The molecular weight excluding hydrogens is 265 g/mol. The number of rotatable bonds is 6. The summed E-state index contributed by atoms with van der Waals surface area (Å²) in [6.07, 6.45) is 0.440. The zero-order valence-corrected chi connectivity index (χ0v) is 12.5. The van der Waals surface area contributed by atoms with E-state index in [2.05, 4.69) is 0 Å². The average Bonchev–Trinajstić information content (AvgIpc) is 2.48. The third kappa shape index (κ3) is 4.23. The Hall–Kier alpha value is -2.00. The van der Waals surface area contributed by atoms with Crippen molar-refractivity contribution in [3.8, 4) is 0 Å². The molecule has 0 unspecified atom stereocenters. The van der Waals surface area contributed by atoms with Crippen LogP contribution >= 0.6 is 0 Å². The Kier molecular flexibility index (Phi) is 5.23. The second-order valence-electron chi connectivity index (χ2n) is 5.32. The molecule has 0 radical (unpaired) electrons. The molecule has 0 amide bonds. The Balaban J connectivity index is 1.90. The van der Waals surface area contributed by atoms with Crippen molar-refractivity contribution in [1.82, 2.24) is 4.90 Å². The molecule has 21 heavy (non-hydrogen) atoms. The molecular formula is C18H20FNO. The van der Waals surface area contributed by atoms with Gasteiger partial charge >= 0.3 is 0 Å². The molecule has 3 heteroatoms. The number of ketones is 1. The van der Waals surface area contributed by atoms with E-state index in [-0.39, 0.29) is 11.6 Å². The third-order valence-electron chi connectivity index (χ3n) is 3.56. The van der Waals surface area contributed by atoms with Crippen LogP contribution in [-0.2, 0) is 6.54 Å². The predicted octanol–water partition coefficient (Wildman–Crippen LogP) is 3.84. The van der Waals surface area contributed by atoms with Gasteiger partial charge in [-0.15, -0.1) is 0 Å². The van der Waals surface area contributed by atoms with Crippen molar-refractivity contribution < 1.29 is 9.18 Å². The van der Waals surface area contributed by atoms with Crippen LogP contribution < -0.4 is 0 Å². The van der Waals surface area contributed by atoms with E-state index in [1.807, 2.05) is 49.2 Å². The van der Waals surface area contributed by atoms with Crippen LogP contribution in [0.15, 0.2) is 48.5 Å². The summed E-state index contributed by atoms with van der Waals surface area (Å²) >= 11 is 0. The number of carbonyl (C=O) groups is 1. The second-order valence-corrected chi connectivity index (χ2v) is 5.32. The van der Waals surface area contributed by atoms with Crippen molar-refractivity contribution in [2.24, 2.45) is 0 Å². The summed E-state index contributed by atoms with van der Waals surface area (Å²) in [6, 6.07) is 14.3. The van der Waals surface area contributed by atoms with E-state index >= 15 is 0 Å². The molecule has 110 valence electrons. The van der Waals surface area contributed by atoms with E-state index in [4.69, 9.17) is 0 Å². The smallest absolute Gasteiger partial charge is 0.164 e. The number of hydrogen-bond donors (Lipinski definition) is 0. The molecule has 0 heterocycles. The van der Waals surface area contributed by atoms with Gasteiger partial charge in [0.25, 0.3) is 0 Å². The summed E-state index contributed by atoms with van der Waals surface area (Å²) in [5, 5.41) is 0. The Morgan fingerprint density at radius 1 is 1.10 bits per heavy atom.